The maximum atomic E-state index is 12.3. The van der Waals surface area contributed by atoms with Gasteiger partial charge in [-0.05, 0) is 37.4 Å². The fraction of sp³-hybridized carbons (Fsp3) is 0.312. The first-order valence-electron chi connectivity index (χ1n) is 7.15. The maximum Gasteiger partial charge on any atom is 0.325 e. The van der Waals surface area contributed by atoms with Crippen molar-refractivity contribution in [3.63, 3.8) is 0 Å². The Hall–Kier alpha value is -2.28. The molecule has 1 heterocycles. The van der Waals surface area contributed by atoms with E-state index in [0.717, 1.165) is 10.8 Å². The summed E-state index contributed by atoms with van der Waals surface area (Å²) in [4.78, 5) is 29.3. The van der Waals surface area contributed by atoms with Crippen LogP contribution >= 0.6 is 11.8 Å². The lowest BCUT2D eigenvalue weighted by Crippen LogP contribution is -2.33. The number of rotatable bonds is 6. The van der Waals surface area contributed by atoms with E-state index in [1.165, 1.54) is 4.90 Å². The van der Waals surface area contributed by atoms with Crippen molar-refractivity contribution in [1.29, 1.82) is 0 Å². The van der Waals surface area contributed by atoms with Crippen molar-refractivity contribution in [3.05, 3.63) is 42.2 Å². The number of likely N-dealkylation sites (N-methyl/N-ethyl adjacent to an activating group) is 1. The van der Waals surface area contributed by atoms with Crippen molar-refractivity contribution < 1.29 is 14.3 Å². The number of ether oxygens (including phenoxy) is 1. The summed E-state index contributed by atoms with van der Waals surface area (Å²) in [5.41, 5.74) is 1.45. The third-order valence-corrected chi connectivity index (χ3v) is 3.87. The molecule has 23 heavy (non-hydrogen) atoms. The van der Waals surface area contributed by atoms with Crippen LogP contribution in [0.1, 0.15) is 17.3 Å². The van der Waals surface area contributed by atoms with Gasteiger partial charge in [-0.25, -0.2) is 4.98 Å². The van der Waals surface area contributed by atoms with Gasteiger partial charge in [0.2, 0.25) is 0 Å². The van der Waals surface area contributed by atoms with Gasteiger partial charge in [-0.2, -0.15) is 0 Å². The highest BCUT2D eigenvalue weighted by Gasteiger charge is 2.15. The number of amides is 1. The molecule has 0 spiro atoms. The van der Waals surface area contributed by atoms with Crippen molar-refractivity contribution in [2.45, 2.75) is 12.1 Å². The van der Waals surface area contributed by atoms with Gasteiger partial charge in [0.25, 0.3) is 5.91 Å². The second-order valence-electron chi connectivity index (χ2n) is 4.80. The second kappa shape index (κ2) is 7.82. The van der Waals surface area contributed by atoms with E-state index in [9.17, 15) is 9.59 Å². The van der Waals surface area contributed by atoms with Crippen LogP contribution in [-0.4, -0.2) is 52.8 Å². The zero-order valence-electron chi connectivity index (χ0n) is 13.4. The Bertz CT molecular complexity index is 682. The van der Waals surface area contributed by atoms with Crippen LogP contribution in [0, 0.1) is 0 Å². The Morgan fingerprint density at radius 2 is 2.00 bits per heavy atom. The van der Waals surface area contributed by atoms with E-state index in [2.05, 4.69) is 4.98 Å². The molecule has 0 atom stereocenters. The van der Waals surface area contributed by atoms with Gasteiger partial charge in [0.1, 0.15) is 6.54 Å². The number of hydrogen-bond acceptors (Lipinski definition) is 5. The summed E-state index contributed by atoms with van der Waals surface area (Å²) in [7, 11) is 1.58. The van der Waals surface area contributed by atoms with Crippen LogP contribution in [0.15, 0.2) is 41.8 Å². The van der Waals surface area contributed by atoms with Crippen molar-refractivity contribution in [3.8, 4) is 5.69 Å². The Kier molecular flexibility index (Phi) is 5.81. The average Bonchev–Trinajstić information content (AvgIpc) is 3.03. The minimum atomic E-state index is -0.414. The molecule has 0 bridgehead atoms. The number of esters is 1. The van der Waals surface area contributed by atoms with Crippen molar-refractivity contribution in [1.82, 2.24) is 14.5 Å². The molecule has 6 nitrogen and oxygen atoms in total. The highest BCUT2D eigenvalue weighted by atomic mass is 32.2. The Balaban J connectivity index is 2.10. The van der Waals surface area contributed by atoms with Crippen LogP contribution in [-0.2, 0) is 9.53 Å². The topological polar surface area (TPSA) is 64.4 Å². The summed E-state index contributed by atoms with van der Waals surface area (Å²) in [5.74, 6) is -0.636. The fourth-order valence-corrected chi connectivity index (χ4v) is 2.62. The van der Waals surface area contributed by atoms with Gasteiger partial charge in [-0.1, -0.05) is 11.8 Å². The number of nitrogens with zero attached hydrogens (tertiary/aromatic N) is 3. The maximum absolute atomic E-state index is 12.3. The van der Waals surface area contributed by atoms with Crippen LogP contribution in [0.25, 0.3) is 5.69 Å². The van der Waals surface area contributed by atoms with Crippen LogP contribution in [0.2, 0.25) is 0 Å². The SMILES string of the molecule is CCOC(=O)CN(C)C(=O)c1ccc(-n2ccnc2SC)cc1. The lowest BCUT2D eigenvalue weighted by atomic mass is 10.2. The molecule has 0 fully saturated rings. The second-order valence-corrected chi connectivity index (χ2v) is 5.57. The van der Waals surface area contributed by atoms with Crippen LogP contribution in [0.5, 0.6) is 0 Å². The first-order valence-corrected chi connectivity index (χ1v) is 8.38. The van der Waals surface area contributed by atoms with Gasteiger partial charge in [0.15, 0.2) is 5.16 Å². The van der Waals surface area contributed by atoms with Gasteiger partial charge >= 0.3 is 5.97 Å². The van der Waals surface area contributed by atoms with Crippen LogP contribution in [0.3, 0.4) is 0 Å². The molecule has 1 amide bonds. The lowest BCUT2D eigenvalue weighted by Gasteiger charge is -2.16. The van der Waals surface area contributed by atoms with Gasteiger partial charge in [-0.15, -0.1) is 0 Å². The summed E-state index contributed by atoms with van der Waals surface area (Å²) in [6, 6.07) is 7.19. The standard InChI is InChI=1S/C16H19N3O3S/c1-4-22-14(20)11-18(2)15(21)12-5-7-13(8-6-12)19-10-9-17-16(19)23-3/h5-10H,4,11H2,1-3H3. The molecule has 1 aromatic carbocycles. The molecule has 2 aromatic rings. The van der Waals surface area contributed by atoms with Crippen LogP contribution < -0.4 is 0 Å². The van der Waals surface area contributed by atoms with Gasteiger partial charge in [0, 0.05) is 30.7 Å². The molecule has 0 aliphatic carbocycles. The monoisotopic (exact) mass is 333 g/mol. The van der Waals surface area contributed by atoms with E-state index < -0.39 is 5.97 Å². The number of aromatic nitrogens is 2. The number of carbonyl (C=O) groups excluding carboxylic acids is 2. The number of hydrogen-bond donors (Lipinski definition) is 0. The number of imidazole rings is 1. The zero-order chi connectivity index (χ0) is 16.8. The molecule has 0 unspecified atom stereocenters. The molecule has 0 saturated carbocycles. The molecule has 7 heteroatoms. The van der Waals surface area contributed by atoms with Gasteiger partial charge < -0.3 is 9.64 Å². The molecular formula is C16H19N3O3S. The Morgan fingerprint density at radius 3 is 2.61 bits per heavy atom. The Morgan fingerprint density at radius 1 is 1.30 bits per heavy atom. The van der Waals surface area contributed by atoms with E-state index in [0.29, 0.717) is 12.2 Å². The summed E-state index contributed by atoms with van der Waals surface area (Å²) >= 11 is 1.55. The summed E-state index contributed by atoms with van der Waals surface area (Å²) in [6.07, 6.45) is 5.56. The zero-order valence-corrected chi connectivity index (χ0v) is 14.2. The third-order valence-electron chi connectivity index (χ3n) is 3.20. The Labute approximate surface area is 139 Å². The van der Waals surface area contributed by atoms with E-state index in [1.54, 1.807) is 44.1 Å². The molecule has 1 aromatic heterocycles. The predicted octanol–water partition coefficient (Wildman–Crippen LogP) is 2.23. The first-order chi connectivity index (χ1) is 11.1. The molecule has 0 aliphatic heterocycles. The lowest BCUT2D eigenvalue weighted by molar-refractivity contribution is -0.143. The normalized spacial score (nSPS) is 10.4. The number of carbonyl (C=O) groups is 2. The molecule has 0 N–H and O–H groups in total. The minimum Gasteiger partial charge on any atom is -0.465 e. The van der Waals surface area contributed by atoms with Crippen molar-refractivity contribution in [2.24, 2.45) is 0 Å². The van der Waals surface area contributed by atoms with E-state index in [4.69, 9.17) is 4.74 Å². The number of thioether (sulfide) groups is 1. The van der Waals surface area contributed by atoms with Crippen molar-refractivity contribution in [2.75, 3.05) is 26.5 Å². The van der Waals surface area contributed by atoms with Crippen LogP contribution in [0.4, 0.5) is 0 Å². The van der Waals surface area contributed by atoms with E-state index in [1.807, 2.05) is 29.2 Å². The summed E-state index contributed by atoms with van der Waals surface area (Å²) in [6.45, 7) is 1.97. The predicted molar refractivity (Wildman–Crippen MR) is 88.9 cm³/mol. The molecule has 2 rings (SSSR count). The molecular weight excluding hydrogens is 314 g/mol. The van der Waals surface area contributed by atoms with E-state index in [-0.39, 0.29) is 12.5 Å². The summed E-state index contributed by atoms with van der Waals surface area (Å²) < 4.78 is 6.79. The average molecular weight is 333 g/mol. The van der Waals surface area contributed by atoms with Gasteiger partial charge in [-0.3, -0.25) is 14.2 Å². The minimum absolute atomic E-state index is 0.0629. The molecule has 0 aliphatic rings. The largest absolute Gasteiger partial charge is 0.465 e. The molecule has 0 radical (unpaired) electrons. The third kappa shape index (κ3) is 4.13. The highest BCUT2D eigenvalue weighted by Crippen LogP contribution is 2.18. The smallest absolute Gasteiger partial charge is 0.325 e. The highest BCUT2D eigenvalue weighted by molar-refractivity contribution is 7.98. The van der Waals surface area contributed by atoms with Gasteiger partial charge in [0.05, 0.1) is 6.61 Å². The van der Waals surface area contributed by atoms with E-state index >= 15 is 0 Å². The molecule has 122 valence electrons. The molecule has 0 saturated heterocycles. The summed E-state index contributed by atoms with van der Waals surface area (Å²) in [5, 5.41) is 0.878. The number of benzene rings is 1. The first kappa shape index (κ1) is 17.1. The van der Waals surface area contributed by atoms with Crippen molar-refractivity contribution >= 4 is 23.6 Å². The fourth-order valence-electron chi connectivity index (χ4n) is 2.09. The quantitative estimate of drug-likeness (QED) is 0.599.